The quantitative estimate of drug-likeness (QED) is 0.898. The average molecular weight is 241 g/mol. The highest BCUT2D eigenvalue weighted by Gasteiger charge is 2.10. The van der Waals surface area contributed by atoms with Crippen molar-refractivity contribution in [2.24, 2.45) is 0 Å². The molecule has 0 amide bonds. The third kappa shape index (κ3) is 2.07. The number of methoxy groups -OCH3 is 1. The molecule has 4 nitrogen and oxygen atoms in total. The molecule has 1 aromatic heterocycles. The molecule has 0 saturated heterocycles. The van der Waals surface area contributed by atoms with E-state index in [0.717, 1.165) is 34.7 Å². The molecule has 1 aromatic carbocycles. The van der Waals surface area contributed by atoms with Gasteiger partial charge in [-0.2, -0.15) is 5.26 Å². The Bertz CT molecular complexity index is 608. The topological polar surface area (TPSA) is 61.7 Å². The summed E-state index contributed by atoms with van der Waals surface area (Å²) < 4.78 is 5.30. The van der Waals surface area contributed by atoms with Crippen molar-refractivity contribution in [3.05, 3.63) is 35.3 Å². The Kier molecular flexibility index (Phi) is 3.33. The van der Waals surface area contributed by atoms with Gasteiger partial charge in [0.2, 0.25) is 5.82 Å². The summed E-state index contributed by atoms with van der Waals surface area (Å²) in [6.45, 7) is 4.00. The molecule has 0 spiro atoms. The van der Waals surface area contributed by atoms with Gasteiger partial charge in [0, 0.05) is 11.3 Å². The number of H-pyrrole nitrogens is 1. The van der Waals surface area contributed by atoms with Crippen molar-refractivity contribution in [1.29, 1.82) is 5.26 Å². The fraction of sp³-hybridized carbons (Fsp3) is 0.286. The molecule has 1 heterocycles. The third-order valence-electron chi connectivity index (χ3n) is 2.93. The Morgan fingerprint density at radius 1 is 1.44 bits per heavy atom. The number of aryl methyl sites for hydroxylation is 2. The van der Waals surface area contributed by atoms with E-state index in [1.807, 2.05) is 25.1 Å². The maximum Gasteiger partial charge on any atom is 0.210 e. The van der Waals surface area contributed by atoms with Gasteiger partial charge in [-0.25, -0.2) is 4.98 Å². The first-order chi connectivity index (χ1) is 8.69. The minimum atomic E-state index is 0.344. The molecule has 4 heteroatoms. The molecular weight excluding hydrogens is 226 g/mol. The first-order valence-corrected chi connectivity index (χ1v) is 5.83. The maximum atomic E-state index is 8.84. The van der Waals surface area contributed by atoms with Crippen LogP contribution in [-0.4, -0.2) is 17.1 Å². The van der Waals surface area contributed by atoms with Gasteiger partial charge in [-0.15, -0.1) is 0 Å². The largest absolute Gasteiger partial charge is 0.496 e. The lowest BCUT2D eigenvalue weighted by Gasteiger charge is -2.08. The molecule has 0 aliphatic carbocycles. The average Bonchev–Trinajstić information content (AvgIpc) is 2.79. The van der Waals surface area contributed by atoms with E-state index in [1.54, 1.807) is 7.11 Å². The molecule has 0 saturated carbocycles. The summed E-state index contributed by atoms with van der Waals surface area (Å²) >= 11 is 0. The number of nitriles is 1. The van der Waals surface area contributed by atoms with E-state index in [4.69, 9.17) is 10.00 Å². The van der Waals surface area contributed by atoms with Crippen molar-refractivity contribution >= 4 is 0 Å². The normalized spacial score (nSPS) is 10.1. The minimum absolute atomic E-state index is 0.344. The van der Waals surface area contributed by atoms with Gasteiger partial charge in [-0.1, -0.05) is 6.92 Å². The lowest BCUT2D eigenvalue weighted by atomic mass is 10.0. The predicted octanol–water partition coefficient (Wildman–Crippen LogP) is 2.83. The number of imidazole rings is 1. The summed E-state index contributed by atoms with van der Waals surface area (Å²) in [5.74, 6) is 1.23. The Labute approximate surface area is 106 Å². The van der Waals surface area contributed by atoms with Gasteiger partial charge in [0.15, 0.2) is 0 Å². The SMILES string of the molecule is CCc1cc(-c2nc(C#N)[nH]c2C)ccc1OC. The number of nitrogens with zero attached hydrogens (tertiary/aromatic N) is 2. The van der Waals surface area contributed by atoms with Crippen LogP contribution in [0.3, 0.4) is 0 Å². The van der Waals surface area contributed by atoms with E-state index in [2.05, 4.69) is 23.0 Å². The fourth-order valence-corrected chi connectivity index (χ4v) is 2.00. The Hall–Kier alpha value is -2.28. The highest BCUT2D eigenvalue weighted by molar-refractivity contribution is 5.65. The second-order valence-corrected chi connectivity index (χ2v) is 4.05. The molecule has 0 bridgehead atoms. The standard InChI is InChI=1S/C14H15N3O/c1-4-10-7-11(5-6-12(10)18-3)14-9(2)16-13(8-15)17-14/h5-7H,4H2,1-3H3,(H,16,17). The lowest BCUT2D eigenvalue weighted by molar-refractivity contribution is 0.410. The molecule has 0 unspecified atom stereocenters. The smallest absolute Gasteiger partial charge is 0.210 e. The molecule has 2 aromatic rings. The highest BCUT2D eigenvalue weighted by atomic mass is 16.5. The molecule has 0 aliphatic rings. The predicted molar refractivity (Wildman–Crippen MR) is 69.4 cm³/mol. The van der Waals surface area contributed by atoms with Crippen LogP contribution >= 0.6 is 0 Å². The van der Waals surface area contributed by atoms with Crippen molar-refractivity contribution in [3.63, 3.8) is 0 Å². The lowest BCUT2D eigenvalue weighted by Crippen LogP contribution is -1.92. The van der Waals surface area contributed by atoms with Gasteiger partial charge in [-0.3, -0.25) is 0 Å². The van der Waals surface area contributed by atoms with Gasteiger partial charge >= 0.3 is 0 Å². The minimum Gasteiger partial charge on any atom is -0.496 e. The van der Waals surface area contributed by atoms with E-state index in [1.165, 1.54) is 0 Å². The van der Waals surface area contributed by atoms with Crippen LogP contribution in [0.4, 0.5) is 0 Å². The van der Waals surface area contributed by atoms with Crippen LogP contribution in [0.2, 0.25) is 0 Å². The number of hydrogen-bond donors (Lipinski definition) is 1. The molecule has 92 valence electrons. The summed E-state index contributed by atoms with van der Waals surface area (Å²) in [6, 6.07) is 7.98. The van der Waals surface area contributed by atoms with Gasteiger partial charge in [0.05, 0.1) is 12.8 Å². The monoisotopic (exact) mass is 241 g/mol. The molecule has 0 radical (unpaired) electrons. The second kappa shape index (κ2) is 4.92. The van der Waals surface area contributed by atoms with E-state index >= 15 is 0 Å². The maximum absolute atomic E-state index is 8.84. The molecular formula is C14H15N3O. The van der Waals surface area contributed by atoms with E-state index in [-0.39, 0.29) is 0 Å². The van der Waals surface area contributed by atoms with Gasteiger partial charge < -0.3 is 9.72 Å². The van der Waals surface area contributed by atoms with Crippen LogP contribution in [0, 0.1) is 18.3 Å². The summed E-state index contributed by atoms with van der Waals surface area (Å²) in [7, 11) is 1.67. The first-order valence-electron chi connectivity index (χ1n) is 5.83. The Morgan fingerprint density at radius 2 is 2.22 bits per heavy atom. The van der Waals surface area contributed by atoms with Crippen LogP contribution in [-0.2, 0) is 6.42 Å². The first kappa shape index (κ1) is 12.2. The Morgan fingerprint density at radius 3 is 2.78 bits per heavy atom. The molecule has 2 rings (SSSR count). The molecule has 0 atom stereocenters. The van der Waals surface area contributed by atoms with Crippen LogP contribution in [0.15, 0.2) is 18.2 Å². The molecule has 1 N–H and O–H groups in total. The number of nitrogens with one attached hydrogen (secondary N) is 1. The molecule has 18 heavy (non-hydrogen) atoms. The Balaban J connectivity index is 2.51. The van der Waals surface area contributed by atoms with Crippen molar-refractivity contribution in [3.8, 4) is 23.1 Å². The van der Waals surface area contributed by atoms with Crippen LogP contribution in [0.25, 0.3) is 11.3 Å². The molecule has 0 aliphatic heterocycles. The third-order valence-corrected chi connectivity index (χ3v) is 2.93. The number of benzene rings is 1. The zero-order valence-corrected chi connectivity index (χ0v) is 10.7. The summed E-state index contributed by atoms with van der Waals surface area (Å²) in [4.78, 5) is 7.23. The number of rotatable bonds is 3. The molecule has 0 fully saturated rings. The zero-order chi connectivity index (χ0) is 13.1. The van der Waals surface area contributed by atoms with E-state index in [9.17, 15) is 0 Å². The second-order valence-electron chi connectivity index (χ2n) is 4.05. The summed E-state index contributed by atoms with van der Waals surface area (Å²) in [6.07, 6.45) is 0.894. The number of ether oxygens (including phenoxy) is 1. The summed E-state index contributed by atoms with van der Waals surface area (Å²) in [5, 5.41) is 8.84. The fourth-order valence-electron chi connectivity index (χ4n) is 2.00. The van der Waals surface area contributed by atoms with Gasteiger partial charge in [0.1, 0.15) is 11.8 Å². The highest BCUT2D eigenvalue weighted by Crippen LogP contribution is 2.27. The zero-order valence-electron chi connectivity index (χ0n) is 10.7. The van der Waals surface area contributed by atoms with Crippen LogP contribution < -0.4 is 4.74 Å². The van der Waals surface area contributed by atoms with Crippen molar-refractivity contribution in [2.75, 3.05) is 7.11 Å². The van der Waals surface area contributed by atoms with E-state index < -0.39 is 0 Å². The van der Waals surface area contributed by atoms with Crippen LogP contribution in [0.1, 0.15) is 24.0 Å². The van der Waals surface area contributed by atoms with E-state index in [0.29, 0.717) is 5.82 Å². The van der Waals surface area contributed by atoms with Crippen molar-refractivity contribution in [1.82, 2.24) is 9.97 Å². The van der Waals surface area contributed by atoms with Crippen LogP contribution in [0.5, 0.6) is 5.75 Å². The number of aromatic nitrogens is 2. The number of hydrogen-bond acceptors (Lipinski definition) is 3. The summed E-state index contributed by atoms with van der Waals surface area (Å²) in [5.41, 5.74) is 3.86. The van der Waals surface area contributed by atoms with Gasteiger partial charge in [0.25, 0.3) is 0 Å². The van der Waals surface area contributed by atoms with Gasteiger partial charge in [-0.05, 0) is 37.1 Å². The van der Waals surface area contributed by atoms with Crippen molar-refractivity contribution < 1.29 is 4.74 Å². The number of aromatic amines is 1. The van der Waals surface area contributed by atoms with Crippen molar-refractivity contribution in [2.45, 2.75) is 20.3 Å².